The lowest BCUT2D eigenvalue weighted by Gasteiger charge is -2.24. The molecule has 0 unspecified atom stereocenters. The third-order valence-electron chi connectivity index (χ3n) is 3.37. The van der Waals surface area contributed by atoms with E-state index in [-0.39, 0.29) is 11.2 Å². The van der Waals surface area contributed by atoms with Crippen molar-refractivity contribution in [2.45, 2.75) is 53.4 Å². The molecule has 0 N–H and O–H groups in total. The zero-order valence-electron chi connectivity index (χ0n) is 10.5. The highest BCUT2D eigenvalue weighted by atomic mass is 16.4. The molecule has 0 atom stereocenters. The fraction of sp³-hybridized carbons (Fsp3) is 0.750. The topological polar surface area (TPSA) is 56.0 Å². The number of aromatic nitrogens is 2. The summed E-state index contributed by atoms with van der Waals surface area (Å²) in [7, 11) is 0. The largest absolute Gasteiger partial charge is 0.426 e. The third kappa shape index (κ3) is 2.90. The van der Waals surface area contributed by atoms with Crippen LogP contribution in [0.5, 0.6) is 0 Å². The molecular weight excluding hydrogens is 204 g/mol. The predicted molar refractivity (Wildman–Crippen MR) is 61.1 cm³/mol. The van der Waals surface area contributed by atoms with Crippen LogP contribution >= 0.6 is 0 Å². The summed E-state index contributed by atoms with van der Waals surface area (Å²) >= 11 is 0. The number of carbonyl (C=O) groups excluding carboxylic acids is 1. The molecule has 4 heteroatoms. The zero-order chi connectivity index (χ0) is 12.2. The van der Waals surface area contributed by atoms with E-state index in [0.717, 1.165) is 12.8 Å². The van der Waals surface area contributed by atoms with Gasteiger partial charge in [0.1, 0.15) is 5.78 Å². The molecule has 0 radical (unpaired) electrons. The zero-order valence-corrected chi connectivity index (χ0v) is 10.5. The van der Waals surface area contributed by atoms with Crippen LogP contribution in [0, 0.1) is 12.3 Å². The SMILES string of the molecule is CCC(C)(CC)C(=O)CCc1nnc(C)o1. The van der Waals surface area contributed by atoms with E-state index in [2.05, 4.69) is 24.0 Å². The first-order valence-corrected chi connectivity index (χ1v) is 5.84. The maximum absolute atomic E-state index is 12.0. The number of hydrogen-bond acceptors (Lipinski definition) is 4. The average Bonchev–Trinajstić information content (AvgIpc) is 2.70. The van der Waals surface area contributed by atoms with Crippen LogP contribution in [-0.4, -0.2) is 16.0 Å². The maximum atomic E-state index is 12.0. The summed E-state index contributed by atoms with van der Waals surface area (Å²) in [5.41, 5.74) is -0.199. The molecule has 0 aliphatic rings. The lowest BCUT2D eigenvalue weighted by Crippen LogP contribution is -2.26. The van der Waals surface area contributed by atoms with Gasteiger partial charge in [0, 0.05) is 25.2 Å². The Morgan fingerprint density at radius 1 is 1.31 bits per heavy atom. The van der Waals surface area contributed by atoms with E-state index in [1.807, 2.05) is 6.92 Å². The van der Waals surface area contributed by atoms with Gasteiger partial charge in [-0.25, -0.2) is 0 Å². The summed E-state index contributed by atoms with van der Waals surface area (Å²) in [5.74, 6) is 1.39. The molecule has 0 saturated heterocycles. The summed E-state index contributed by atoms with van der Waals surface area (Å²) in [6.45, 7) is 7.88. The van der Waals surface area contributed by atoms with Gasteiger partial charge in [-0.2, -0.15) is 0 Å². The van der Waals surface area contributed by atoms with E-state index >= 15 is 0 Å². The Kier molecular flexibility index (Phi) is 4.21. The minimum Gasteiger partial charge on any atom is -0.426 e. The van der Waals surface area contributed by atoms with Crippen molar-refractivity contribution in [1.29, 1.82) is 0 Å². The number of aryl methyl sites for hydroxylation is 2. The number of carbonyl (C=O) groups is 1. The summed E-state index contributed by atoms with van der Waals surface area (Å²) in [6.07, 6.45) is 2.80. The molecule has 1 heterocycles. The van der Waals surface area contributed by atoms with E-state index in [1.165, 1.54) is 0 Å². The Hall–Kier alpha value is -1.19. The first-order valence-electron chi connectivity index (χ1n) is 5.84. The van der Waals surface area contributed by atoms with Crippen molar-refractivity contribution in [1.82, 2.24) is 10.2 Å². The lowest BCUT2D eigenvalue weighted by molar-refractivity contribution is -0.128. The fourth-order valence-corrected chi connectivity index (χ4v) is 1.61. The van der Waals surface area contributed by atoms with Crippen molar-refractivity contribution in [3.63, 3.8) is 0 Å². The van der Waals surface area contributed by atoms with Crippen molar-refractivity contribution in [3.05, 3.63) is 11.8 Å². The van der Waals surface area contributed by atoms with Gasteiger partial charge >= 0.3 is 0 Å². The molecule has 0 fully saturated rings. The minimum absolute atomic E-state index is 0.199. The average molecular weight is 224 g/mol. The van der Waals surface area contributed by atoms with Crippen LogP contribution in [0.3, 0.4) is 0 Å². The van der Waals surface area contributed by atoms with Crippen molar-refractivity contribution in [2.24, 2.45) is 5.41 Å². The van der Waals surface area contributed by atoms with Crippen molar-refractivity contribution >= 4 is 5.78 Å². The first-order chi connectivity index (χ1) is 7.51. The van der Waals surface area contributed by atoms with Gasteiger partial charge in [0.05, 0.1) is 0 Å². The minimum atomic E-state index is -0.199. The fourth-order valence-electron chi connectivity index (χ4n) is 1.61. The molecule has 0 saturated carbocycles. The van der Waals surface area contributed by atoms with Gasteiger partial charge in [0.2, 0.25) is 11.8 Å². The normalized spacial score (nSPS) is 11.8. The second-order valence-corrected chi connectivity index (χ2v) is 4.41. The molecule has 0 amide bonds. The molecule has 0 aliphatic carbocycles. The number of nitrogens with zero attached hydrogens (tertiary/aromatic N) is 2. The molecular formula is C12H20N2O2. The smallest absolute Gasteiger partial charge is 0.216 e. The van der Waals surface area contributed by atoms with E-state index in [1.54, 1.807) is 6.92 Å². The quantitative estimate of drug-likeness (QED) is 0.745. The van der Waals surface area contributed by atoms with Gasteiger partial charge in [0.15, 0.2) is 0 Å². The van der Waals surface area contributed by atoms with Crippen LogP contribution in [0.2, 0.25) is 0 Å². The summed E-state index contributed by atoms with van der Waals surface area (Å²) in [4.78, 5) is 12.0. The highest BCUT2D eigenvalue weighted by Gasteiger charge is 2.28. The Morgan fingerprint density at radius 3 is 2.38 bits per heavy atom. The summed E-state index contributed by atoms with van der Waals surface area (Å²) in [6, 6.07) is 0. The standard InChI is InChI=1S/C12H20N2O2/c1-5-12(4,6-2)10(15)7-8-11-14-13-9(3)16-11/h5-8H2,1-4H3. The monoisotopic (exact) mass is 224 g/mol. The molecule has 1 aromatic heterocycles. The number of ketones is 1. The summed E-state index contributed by atoms with van der Waals surface area (Å²) < 4.78 is 5.24. The molecule has 0 bridgehead atoms. The highest BCUT2D eigenvalue weighted by Crippen LogP contribution is 2.28. The van der Waals surface area contributed by atoms with Crippen molar-refractivity contribution in [2.75, 3.05) is 0 Å². The number of hydrogen-bond donors (Lipinski definition) is 0. The Morgan fingerprint density at radius 2 is 1.94 bits per heavy atom. The van der Waals surface area contributed by atoms with Gasteiger partial charge in [-0.05, 0) is 12.8 Å². The van der Waals surface area contributed by atoms with Gasteiger partial charge in [-0.3, -0.25) is 4.79 Å². The summed E-state index contributed by atoms with van der Waals surface area (Å²) in [5, 5.41) is 7.62. The Labute approximate surface area is 96.4 Å². The molecule has 0 aromatic carbocycles. The molecule has 0 spiro atoms. The molecule has 0 aliphatic heterocycles. The number of rotatable bonds is 6. The van der Waals surface area contributed by atoms with Gasteiger partial charge in [0.25, 0.3) is 0 Å². The van der Waals surface area contributed by atoms with E-state index in [9.17, 15) is 4.79 Å². The van der Waals surface area contributed by atoms with Gasteiger partial charge in [-0.15, -0.1) is 10.2 Å². The lowest BCUT2D eigenvalue weighted by atomic mass is 9.79. The van der Waals surface area contributed by atoms with Crippen molar-refractivity contribution in [3.8, 4) is 0 Å². The van der Waals surface area contributed by atoms with Crippen LogP contribution in [0.1, 0.15) is 51.8 Å². The van der Waals surface area contributed by atoms with E-state index < -0.39 is 0 Å². The van der Waals surface area contributed by atoms with E-state index in [4.69, 9.17) is 4.42 Å². The van der Waals surface area contributed by atoms with Crippen LogP contribution in [0.25, 0.3) is 0 Å². The second kappa shape index (κ2) is 5.23. The van der Waals surface area contributed by atoms with Gasteiger partial charge < -0.3 is 4.42 Å². The number of Topliss-reactive ketones (excluding diaryl/α,β-unsaturated/α-hetero) is 1. The van der Waals surface area contributed by atoms with E-state index in [0.29, 0.717) is 24.6 Å². The van der Waals surface area contributed by atoms with Gasteiger partial charge in [-0.1, -0.05) is 20.8 Å². The first kappa shape index (κ1) is 12.9. The van der Waals surface area contributed by atoms with Crippen LogP contribution in [0.15, 0.2) is 4.42 Å². The predicted octanol–water partition coefficient (Wildman–Crippen LogP) is 2.71. The maximum Gasteiger partial charge on any atom is 0.216 e. The molecule has 16 heavy (non-hydrogen) atoms. The highest BCUT2D eigenvalue weighted by molar-refractivity contribution is 5.84. The molecule has 90 valence electrons. The third-order valence-corrected chi connectivity index (χ3v) is 3.37. The second-order valence-electron chi connectivity index (χ2n) is 4.41. The Balaban J connectivity index is 2.52. The van der Waals surface area contributed by atoms with Crippen LogP contribution in [0.4, 0.5) is 0 Å². The molecule has 1 aromatic rings. The van der Waals surface area contributed by atoms with Crippen LogP contribution < -0.4 is 0 Å². The van der Waals surface area contributed by atoms with Crippen molar-refractivity contribution < 1.29 is 9.21 Å². The Bertz CT molecular complexity index is 354. The molecule has 1 rings (SSSR count). The molecule has 4 nitrogen and oxygen atoms in total. The van der Waals surface area contributed by atoms with Crippen LogP contribution in [-0.2, 0) is 11.2 Å².